The Bertz CT molecular complexity index is 680. The average Bonchev–Trinajstić information content (AvgIpc) is 2.59. The van der Waals surface area contributed by atoms with Crippen molar-refractivity contribution in [3.8, 4) is 5.75 Å². The molecule has 0 fully saturated rings. The summed E-state index contributed by atoms with van der Waals surface area (Å²) in [5, 5.41) is 10.2. The highest BCUT2D eigenvalue weighted by Gasteiger charge is 2.32. The van der Waals surface area contributed by atoms with E-state index in [-0.39, 0.29) is 36.3 Å². The fraction of sp³-hybridized carbons (Fsp3) is 0.412. The molecule has 24 heavy (non-hydrogen) atoms. The zero-order valence-corrected chi connectivity index (χ0v) is 14.2. The van der Waals surface area contributed by atoms with E-state index in [9.17, 15) is 14.7 Å². The number of rotatable bonds is 4. The maximum Gasteiger partial charge on any atom is 0.355 e. The lowest BCUT2D eigenvalue weighted by Gasteiger charge is -2.31. The molecule has 0 amide bonds. The van der Waals surface area contributed by atoms with E-state index in [1.165, 1.54) is 25.2 Å². The summed E-state index contributed by atoms with van der Waals surface area (Å²) >= 11 is 0. The first kappa shape index (κ1) is 17.8. The van der Waals surface area contributed by atoms with Gasteiger partial charge in [-0.05, 0) is 17.5 Å². The zero-order chi connectivity index (χ0) is 17.9. The Labute approximate surface area is 140 Å². The van der Waals surface area contributed by atoms with Crippen LogP contribution < -0.4 is 4.90 Å². The molecule has 0 atom stereocenters. The fourth-order valence-electron chi connectivity index (χ4n) is 2.54. The van der Waals surface area contributed by atoms with E-state index in [1.807, 2.05) is 13.8 Å². The molecule has 0 aliphatic carbocycles. The molecular formula is C17H21NO6. The first-order chi connectivity index (χ1) is 11.4. The molecule has 130 valence electrons. The summed E-state index contributed by atoms with van der Waals surface area (Å²) in [4.78, 5) is 25.6. The van der Waals surface area contributed by atoms with Gasteiger partial charge in [0, 0.05) is 11.8 Å². The minimum Gasteiger partial charge on any atom is -0.508 e. The van der Waals surface area contributed by atoms with Crippen LogP contribution in [0.1, 0.15) is 25.3 Å². The SMILES string of the molecule is COC(=O)C1=C(C(=O)OC)N(c2ccc(C(C)C)c(O)c2)COC1. The maximum atomic E-state index is 12.2. The number of ether oxygens (including phenoxy) is 3. The van der Waals surface area contributed by atoms with E-state index in [1.54, 1.807) is 12.1 Å². The minimum absolute atomic E-state index is 0.0470. The molecule has 0 radical (unpaired) electrons. The number of phenolic OH excluding ortho intramolecular Hbond substituents is 1. The van der Waals surface area contributed by atoms with Crippen LogP contribution in [0.4, 0.5) is 5.69 Å². The van der Waals surface area contributed by atoms with Gasteiger partial charge in [0.05, 0.1) is 26.4 Å². The van der Waals surface area contributed by atoms with Crippen molar-refractivity contribution in [1.82, 2.24) is 0 Å². The van der Waals surface area contributed by atoms with E-state index >= 15 is 0 Å². The lowest BCUT2D eigenvalue weighted by Crippen LogP contribution is -2.38. The topological polar surface area (TPSA) is 85.3 Å². The molecule has 0 bridgehead atoms. The van der Waals surface area contributed by atoms with Gasteiger partial charge in [-0.1, -0.05) is 19.9 Å². The summed E-state index contributed by atoms with van der Waals surface area (Å²) in [5.41, 5.74) is 1.42. The van der Waals surface area contributed by atoms with Crippen molar-refractivity contribution < 1.29 is 28.9 Å². The van der Waals surface area contributed by atoms with Gasteiger partial charge in [0.1, 0.15) is 18.2 Å². The second-order valence-electron chi connectivity index (χ2n) is 5.61. The number of benzene rings is 1. The predicted molar refractivity (Wildman–Crippen MR) is 86.6 cm³/mol. The summed E-state index contributed by atoms with van der Waals surface area (Å²) in [6.45, 7) is 3.93. The van der Waals surface area contributed by atoms with E-state index in [0.29, 0.717) is 5.69 Å². The van der Waals surface area contributed by atoms with Crippen LogP contribution in [0, 0.1) is 0 Å². The normalized spacial score (nSPS) is 14.8. The van der Waals surface area contributed by atoms with Crippen molar-refractivity contribution in [2.45, 2.75) is 19.8 Å². The van der Waals surface area contributed by atoms with Gasteiger partial charge in [0.15, 0.2) is 0 Å². The molecular weight excluding hydrogens is 314 g/mol. The molecule has 0 aromatic heterocycles. The van der Waals surface area contributed by atoms with Gasteiger partial charge in [-0.25, -0.2) is 9.59 Å². The van der Waals surface area contributed by atoms with Gasteiger partial charge in [-0.2, -0.15) is 0 Å². The zero-order valence-electron chi connectivity index (χ0n) is 14.2. The largest absolute Gasteiger partial charge is 0.508 e. The van der Waals surface area contributed by atoms with Gasteiger partial charge in [0.2, 0.25) is 0 Å². The van der Waals surface area contributed by atoms with Crippen LogP contribution in [-0.4, -0.2) is 44.6 Å². The molecule has 1 heterocycles. The molecule has 1 aliphatic rings. The third kappa shape index (κ3) is 3.35. The summed E-state index contributed by atoms with van der Waals surface area (Å²) in [5.74, 6) is -1.08. The van der Waals surface area contributed by atoms with Crippen LogP contribution in [-0.2, 0) is 23.8 Å². The summed E-state index contributed by atoms with van der Waals surface area (Å²) in [6.07, 6.45) is 0. The van der Waals surface area contributed by atoms with Crippen LogP contribution in [0.3, 0.4) is 0 Å². The predicted octanol–water partition coefficient (Wildman–Crippen LogP) is 1.91. The minimum atomic E-state index is -0.675. The van der Waals surface area contributed by atoms with Crippen molar-refractivity contribution >= 4 is 17.6 Å². The number of carbonyl (C=O) groups excluding carboxylic acids is 2. The number of nitrogens with zero attached hydrogens (tertiary/aromatic N) is 1. The van der Waals surface area contributed by atoms with Crippen molar-refractivity contribution in [2.24, 2.45) is 0 Å². The van der Waals surface area contributed by atoms with Crippen molar-refractivity contribution in [1.29, 1.82) is 0 Å². The number of anilines is 1. The van der Waals surface area contributed by atoms with Crippen molar-refractivity contribution in [3.05, 3.63) is 35.0 Å². The molecule has 0 spiro atoms. The smallest absolute Gasteiger partial charge is 0.355 e. The average molecular weight is 335 g/mol. The summed E-state index contributed by atoms with van der Waals surface area (Å²) in [7, 11) is 2.46. The number of esters is 2. The van der Waals surface area contributed by atoms with Gasteiger partial charge < -0.3 is 24.2 Å². The molecule has 7 heteroatoms. The van der Waals surface area contributed by atoms with Crippen LogP contribution in [0.25, 0.3) is 0 Å². The molecule has 0 unspecified atom stereocenters. The summed E-state index contributed by atoms with van der Waals surface area (Å²) in [6, 6.07) is 5.06. The van der Waals surface area contributed by atoms with E-state index in [4.69, 9.17) is 14.2 Å². The monoisotopic (exact) mass is 335 g/mol. The third-order valence-corrected chi connectivity index (χ3v) is 3.78. The Morgan fingerprint density at radius 2 is 1.88 bits per heavy atom. The third-order valence-electron chi connectivity index (χ3n) is 3.78. The lowest BCUT2D eigenvalue weighted by atomic mass is 10.0. The van der Waals surface area contributed by atoms with E-state index in [0.717, 1.165) is 5.56 Å². The number of aromatic hydroxyl groups is 1. The van der Waals surface area contributed by atoms with Crippen molar-refractivity contribution in [3.63, 3.8) is 0 Å². The Kier molecular flexibility index (Phi) is 5.46. The summed E-state index contributed by atoms with van der Waals surface area (Å²) < 4.78 is 14.9. The number of phenols is 1. The number of hydrogen-bond acceptors (Lipinski definition) is 7. The highest BCUT2D eigenvalue weighted by atomic mass is 16.5. The van der Waals surface area contributed by atoms with Gasteiger partial charge in [-0.15, -0.1) is 0 Å². The Morgan fingerprint density at radius 3 is 2.42 bits per heavy atom. The maximum absolute atomic E-state index is 12.2. The van der Waals surface area contributed by atoms with Gasteiger partial charge >= 0.3 is 11.9 Å². The molecule has 1 aromatic rings. The molecule has 0 saturated heterocycles. The van der Waals surface area contributed by atoms with Gasteiger partial charge in [-0.3, -0.25) is 0 Å². The highest BCUT2D eigenvalue weighted by molar-refractivity contribution is 6.03. The molecule has 0 saturated carbocycles. The molecule has 1 aromatic carbocycles. The second kappa shape index (κ2) is 7.35. The standard InChI is InChI=1S/C17H21NO6/c1-10(2)12-6-5-11(7-14(12)19)18-9-24-8-13(16(20)22-3)15(18)17(21)23-4/h5-7,10,19H,8-9H2,1-4H3. The van der Waals surface area contributed by atoms with Crippen LogP contribution in [0.15, 0.2) is 29.5 Å². The Balaban J connectivity index is 2.53. The Morgan fingerprint density at radius 1 is 1.21 bits per heavy atom. The molecule has 7 nitrogen and oxygen atoms in total. The fourth-order valence-corrected chi connectivity index (χ4v) is 2.54. The van der Waals surface area contributed by atoms with Crippen LogP contribution in [0.2, 0.25) is 0 Å². The number of hydrogen-bond donors (Lipinski definition) is 1. The van der Waals surface area contributed by atoms with Crippen LogP contribution >= 0.6 is 0 Å². The second-order valence-corrected chi connectivity index (χ2v) is 5.61. The molecule has 1 aliphatic heterocycles. The first-order valence-corrected chi connectivity index (χ1v) is 7.48. The molecule has 1 N–H and O–H groups in total. The first-order valence-electron chi connectivity index (χ1n) is 7.48. The highest BCUT2D eigenvalue weighted by Crippen LogP contribution is 2.33. The van der Waals surface area contributed by atoms with E-state index < -0.39 is 11.9 Å². The quantitative estimate of drug-likeness (QED) is 0.841. The van der Waals surface area contributed by atoms with Crippen LogP contribution in [0.5, 0.6) is 5.75 Å². The lowest BCUT2D eigenvalue weighted by molar-refractivity contribution is -0.140. The number of carbonyl (C=O) groups is 2. The van der Waals surface area contributed by atoms with E-state index in [2.05, 4.69) is 0 Å². The molecule has 2 rings (SSSR count). The number of methoxy groups -OCH3 is 2. The van der Waals surface area contributed by atoms with Crippen molar-refractivity contribution in [2.75, 3.05) is 32.5 Å². The van der Waals surface area contributed by atoms with Gasteiger partial charge in [0.25, 0.3) is 0 Å². The Hall–Kier alpha value is -2.54.